The third kappa shape index (κ3) is 6.40. The second-order valence-electron chi connectivity index (χ2n) is 5.65. The highest BCUT2D eigenvalue weighted by atomic mass is 35.5. The fourth-order valence-electron chi connectivity index (χ4n) is 2.08. The zero-order valence-electron chi connectivity index (χ0n) is 15.3. The van der Waals surface area contributed by atoms with Crippen LogP contribution in [0.2, 0.25) is 5.02 Å². The average Bonchev–Trinajstić information content (AvgIpc) is 2.68. The Morgan fingerprint density at radius 2 is 1.93 bits per heavy atom. The van der Waals surface area contributed by atoms with Crippen LogP contribution in [-0.4, -0.2) is 37.6 Å². The van der Waals surface area contributed by atoms with Crippen LogP contribution >= 0.6 is 11.6 Å². The molecule has 8 nitrogen and oxygen atoms in total. The lowest BCUT2D eigenvalue weighted by molar-refractivity contribution is -0.138. The van der Waals surface area contributed by atoms with Crippen molar-refractivity contribution >= 4 is 41.2 Å². The molecular formula is C19H19ClN4O4. The minimum atomic E-state index is -0.876. The number of aryl methyl sites for hydroxylation is 1. The van der Waals surface area contributed by atoms with E-state index in [2.05, 4.69) is 21.2 Å². The normalized spacial score (nSPS) is 10.4. The molecular weight excluding hydrogens is 384 g/mol. The molecule has 0 aliphatic carbocycles. The molecule has 9 heteroatoms. The molecule has 0 radical (unpaired) electrons. The Bertz CT molecular complexity index is 915. The van der Waals surface area contributed by atoms with E-state index in [1.165, 1.54) is 13.3 Å². The minimum absolute atomic E-state index is 0.194. The van der Waals surface area contributed by atoms with Gasteiger partial charge in [0.25, 0.3) is 5.91 Å². The van der Waals surface area contributed by atoms with Gasteiger partial charge in [-0.05, 0) is 42.3 Å². The summed E-state index contributed by atoms with van der Waals surface area (Å²) in [4.78, 5) is 34.4. The first kappa shape index (κ1) is 20.9. The molecule has 0 atom stereocenters. The molecule has 0 aliphatic rings. The van der Waals surface area contributed by atoms with Gasteiger partial charge in [0, 0.05) is 17.8 Å². The first-order chi connectivity index (χ1) is 13.4. The van der Waals surface area contributed by atoms with Crippen molar-refractivity contribution in [2.24, 2.45) is 5.10 Å². The number of nitrogens with one attached hydrogen (secondary N) is 3. The highest BCUT2D eigenvalue weighted by Crippen LogP contribution is 2.20. The van der Waals surface area contributed by atoms with Gasteiger partial charge in [0.2, 0.25) is 0 Å². The maximum absolute atomic E-state index is 12.1. The van der Waals surface area contributed by atoms with Crippen molar-refractivity contribution in [2.45, 2.75) is 6.92 Å². The van der Waals surface area contributed by atoms with Crippen molar-refractivity contribution in [1.82, 2.24) is 10.7 Å². The summed E-state index contributed by atoms with van der Waals surface area (Å²) in [7, 11) is 1.34. The van der Waals surface area contributed by atoms with Gasteiger partial charge in [-0.3, -0.25) is 14.4 Å². The van der Waals surface area contributed by atoms with Gasteiger partial charge in [-0.1, -0.05) is 29.8 Å². The fourth-order valence-corrected chi connectivity index (χ4v) is 2.25. The molecule has 2 aromatic carbocycles. The Hall–Kier alpha value is -3.39. The number of halogens is 1. The molecule has 0 heterocycles. The van der Waals surface area contributed by atoms with E-state index in [9.17, 15) is 14.4 Å². The lowest BCUT2D eigenvalue weighted by Crippen LogP contribution is -2.35. The van der Waals surface area contributed by atoms with Crippen molar-refractivity contribution in [2.75, 3.05) is 19.0 Å². The Kier molecular flexibility index (Phi) is 7.53. The number of amides is 3. The Labute approximate surface area is 166 Å². The number of likely N-dealkylation sites (N-methyl/N-ethyl adjacent to an activating group) is 1. The molecule has 0 saturated carbocycles. The number of carbonyl (C=O) groups is 3. The Morgan fingerprint density at radius 3 is 2.68 bits per heavy atom. The van der Waals surface area contributed by atoms with Crippen molar-refractivity contribution in [3.63, 3.8) is 0 Å². The highest BCUT2D eigenvalue weighted by molar-refractivity contribution is 6.35. The molecule has 0 spiro atoms. The third-order valence-corrected chi connectivity index (χ3v) is 3.75. The van der Waals surface area contributed by atoms with Crippen LogP contribution in [0.4, 0.5) is 5.69 Å². The number of ether oxygens (including phenoxy) is 1. The molecule has 2 aromatic rings. The summed E-state index contributed by atoms with van der Waals surface area (Å²) in [5.74, 6) is -1.56. The largest absolute Gasteiger partial charge is 0.484 e. The van der Waals surface area contributed by atoms with Gasteiger partial charge >= 0.3 is 11.8 Å². The molecule has 3 amide bonds. The van der Waals surface area contributed by atoms with E-state index < -0.39 is 11.8 Å². The molecule has 0 aromatic heterocycles. The van der Waals surface area contributed by atoms with Crippen molar-refractivity contribution in [3.8, 4) is 5.75 Å². The quantitative estimate of drug-likeness (QED) is 0.389. The van der Waals surface area contributed by atoms with Gasteiger partial charge in [0.1, 0.15) is 5.75 Å². The monoisotopic (exact) mass is 402 g/mol. The molecule has 0 bridgehead atoms. The fraction of sp³-hybridized carbons (Fsp3) is 0.158. The van der Waals surface area contributed by atoms with E-state index in [-0.39, 0.29) is 12.5 Å². The van der Waals surface area contributed by atoms with Crippen LogP contribution in [0.15, 0.2) is 47.6 Å². The summed E-state index contributed by atoms with van der Waals surface area (Å²) in [6.45, 7) is 1.67. The highest BCUT2D eigenvalue weighted by Gasteiger charge is 2.09. The number of anilines is 1. The second kappa shape index (κ2) is 10.1. The van der Waals surface area contributed by atoms with Crippen LogP contribution < -0.4 is 20.8 Å². The summed E-state index contributed by atoms with van der Waals surface area (Å²) < 4.78 is 5.48. The number of carbonyl (C=O) groups excluding carboxylic acids is 3. The maximum atomic E-state index is 12.1. The molecule has 3 N–H and O–H groups in total. The first-order valence-electron chi connectivity index (χ1n) is 8.23. The smallest absolute Gasteiger partial charge is 0.329 e. The SMILES string of the molecule is CNC(=O)C(=O)N/N=C\c1cccc(OCC(=O)Nc2cc(Cl)ccc2C)c1. The van der Waals surface area contributed by atoms with E-state index in [0.717, 1.165) is 5.56 Å². The average molecular weight is 403 g/mol. The topological polar surface area (TPSA) is 109 Å². The first-order valence-corrected chi connectivity index (χ1v) is 8.61. The van der Waals surface area contributed by atoms with Crippen LogP contribution in [0.5, 0.6) is 5.75 Å². The van der Waals surface area contributed by atoms with Gasteiger partial charge in [0.15, 0.2) is 6.61 Å². The van der Waals surface area contributed by atoms with Crippen molar-refractivity contribution in [3.05, 3.63) is 58.6 Å². The van der Waals surface area contributed by atoms with Gasteiger partial charge in [0.05, 0.1) is 6.21 Å². The second-order valence-corrected chi connectivity index (χ2v) is 6.08. The summed E-state index contributed by atoms with van der Waals surface area (Å²) in [6.07, 6.45) is 1.35. The van der Waals surface area contributed by atoms with Crippen LogP contribution in [0.1, 0.15) is 11.1 Å². The van der Waals surface area contributed by atoms with Crippen LogP contribution in [0.3, 0.4) is 0 Å². The molecule has 0 fully saturated rings. The van der Waals surface area contributed by atoms with Gasteiger partial charge in [-0.2, -0.15) is 5.10 Å². The van der Waals surface area contributed by atoms with Crippen LogP contribution in [0.25, 0.3) is 0 Å². The van der Waals surface area contributed by atoms with Gasteiger partial charge < -0.3 is 15.4 Å². The van der Waals surface area contributed by atoms with E-state index in [4.69, 9.17) is 16.3 Å². The summed E-state index contributed by atoms with van der Waals surface area (Å²) in [5, 5.41) is 9.14. The predicted octanol–water partition coefficient (Wildman–Crippen LogP) is 1.86. The van der Waals surface area contributed by atoms with Crippen molar-refractivity contribution < 1.29 is 19.1 Å². The number of nitrogens with zero attached hydrogens (tertiary/aromatic N) is 1. The maximum Gasteiger partial charge on any atom is 0.329 e. The van der Waals surface area contributed by atoms with E-state index >= 15 is 0 Å². The van der Waals surface area contributed by atoms with Gasteiger partial charge in [-0.15, -0.1) is 0 Å². The Balaban J connectivity index is 1.90. The summed E-state index contributed by atoms with van der Waals surface area (Å²) >= 11 is 5.93. The third-order valence-electron chi connectivity index (χ3n) is 3.51. The number of hydrazone groups is 1. The summed E-state index contributed by atoms with van der Waals surface area (Å²) in [5.41, 5.74) is 4.21. The van der Waals surface area contributed by atoms with E-state index in [1.54, 1.807) is 36.4 Å². The lowest BCUT2D eigenvalue weighted by Gasteiger charge is -2.10. The predicted molar refractivity (Wildman–Crippen MR) is 107 cm³/mol. The number of hydrogen-bond acceptors (Lipinski definition) is 5. The standard InChI is InChI=1S/C19H19ClN4O4/c1-12-6-7-14(20)9-16(12)23-17(25)11-28-15-5-3-4-13(8-15)10-22-24-19(27)18(26)21-2/h3-10H,11H2,1-2H3,(H,21,26)(H,23,25)(H,24,27)/b22-10-. The molecule has 28 heavy (non-hydrogen) atoms. The molecule has 2 rings (SSSR count). The van der Waals surface area contributed by atoms with E-state index in [0.29, 0.717) is 22.0 Å². The number of benzene rings is 2. The molecule has 0 aliphatic heterocycles. The summed E-state index contributed by atoms with van der Waals surface area (Å²) in [6, 6.07) is 12.0. The minimum Gasteiger partial charge on any atom is -0.484 e. The zero-order valence-corrected chi connectivity index (χ0v) is 16.0. The molecule has 146 valence electrons. The van der Waals surface area contributed by atoms with Crippen LogP contribution in [0, 0.1) is 6.92 Å². The lowest BCUT2D eigenvalue weighted by atomic mass is 10.2. The van der Waals surface area contributed by atoms with Crippen molar-refractivity contribution in [1.29, 1.82) is 0 Å². The van der Waals surface area contributed by atoms with Gasteiger partial charge in [-0.25, -0.2) is 5.43 Å². The zero-order chi connectivity index (χ0) is 20.5. The van der Waals surface area contributed by atoms with E-state index in [1.807, 2.05) is 13.0 Å². The molecule has 0 unspecified atom stereocenters. The number of hydrogen-bond donors (Lipinski definition) is 3. The van der Waals surface area contributed by atoms with Crippen LogP contribution in [-0.2, 0) is 14.4 Å². The Morgan fingerprint density at radius 1 is 1.14 bits per heavy atom. The number of rotatable bonds is 6. The molecule has 0 saturated heterocycles.